The van der Waals surface area contributed by atoms with Crippen molar-refractivity contribution in [2.75, 3.05) is 20.1 Å². The molecule has 2 aliphatic rings. The highest BCUT2D eigenvalue weighted by atomic mass is 15.2. The zero-order valence-corrected chi connectivity index (χ0v) is 12.7. The maximum Gasteiger partial charge on any atom is 0.0951 e. The number of hydrogen-bond acceptors (Lipinski definition) is 3. The van der Waals surface area contributed by atoms with Gasteiger partial charge in [0.15, 0.2) is 0 Å². The molecule has 1 heterocycles. The van der Waals surface area contributed by atoms with Gasteiger partial charge < -0.3 is 10.3 Å². The van der Waals surface area contributed by atoms with Gasteiger partial charge in [0.05, 0.1) is 18.1 Å². The van der Waals surface area contributed by atoms with Crippen LogP contribution in [0.25, 0.3) is 0 Å². The highest BCUT2D eigenvalue weighted by molar-refractivity contribution is 5.10. The van der Waals surface area contributed by atoms with Crippen LogP contribution < -0.4 is 5.73 Å². The van der Waals surface area contributed by atoms with Crippen LogP contribution in [0.1, 0.15) is 62.7 Å². The summed E-state index contributed by atoms with van der Waals surface area (Å²) in [7, 11) is 2.23. The Kier molecular flexibility index (Phi) is 4.41. The van der Waals surface area contributed by atoms with Crippen molar-refractivity contribution < 1.29 is 0 Å². The zero-order valence-electron chi connectivity index (χ0n) is 12.7. The molecule has 1 atom stereocenters. The van der Waals surface area contributed by atoms with Gasteiger partial charge in [0.2, 0.25) is 0 Å². The molecule has 2 N–H and O–H groups in total. The molecule has 2 aliphatic carbocycles. The Morgan fingerprint density at radius 1 is 1.30 bits per heavy atom. The van der Waals surface area contributed by atoms with Gasteiger partial charge in [-0.1, -0.05) is 19.3 Å². The Bertz CT molecular complexity index is 418. The first-order valence-electron chi connectivity index (χ1n) is 8.21. The van der Waals surface area contributed by atoms with Crippen LogP contribution in [0.4, 0.5) is 0 Å². The Balaban J connectivity index is 1.66. The maximum absolute atomic E-state index is 6.08. The van der Waals surface area contributed by atoms with E-state index in [1.54, 1.807) is 0 Å². The van der Waals surface area contributed by atoms with Crippen molar-refractivity contribution in [2.24, 2.45) is 11.7 Å². The average molecular weight is 276 g/mol. The fourth-order valence-electron chi connectivity index (χ4n) is 3.66. The van der Waals surface area contributed by atoms with Crippen LogP contribution in [0.2, 0.25) is 0 Å². The third-order valence-electron chi connectivity index (χ3n) is 5.00. The number of rotatable bonds is 6. The van der Waals surface area contributed by atoms with Crippen LogP contribution in [0.3, 0.4) is 0 Å². The monoisotopic (exact) mass is 276 g/mol. The third-order valence-corrected chi connectivity index (χ3v) is 5.00. The zero-order chi connectivity index (χ0) is 13.9. The lowest BCUT2D eigenvalue weighted by Crippen LogP contribution is -2.36. The first kappa shape index (κ1) is 14.1. The van der Waals surface area contributed by atoms with Gasteiger partial charge in [-0.15, -0.1) is 0 Å². The van der Waals surface area contributed by atoms with E-state index in [-0.39, 0.29) is 0 Å². The van der Waals surface area contributed by atoms with Gasteiger partial charge in [0.1, 0.15) is 0 Å². The molecule has 1 unspecified atom stereocenters. The molecule has 0 bridgehead atoms. The van der Waals surface area contributed by atoms with Crippen LogP contribution in [0.5, 0.6) is 0 Å². The molecule has 0 aromatic carbocycles. The summed E-state index contributed by atoms with van der Waals surface area (Å²) in [4.78, 5) is 6.83. The topological polar surface area (TPSA) is 47.1 Å². The summed E-state index contributed by atoms with van der Waals surface area (Å²) in [6, 6.07) is 1.00. The van der Waals surface area contributed by atoms with Crippen molar-refractivity contribution in [1.82, 2.24) is 14.5 Å². The lowest BCUT2D eigenvalue weighted by Gasteiger charge is -2.32. The van der Waals surface area contributed by atoms with Gasteiger partial charge in [-0.3, -0.25) is 4.90 Å². The second-order valence-electron chi connectivity index (χ2n) is 6.65. The minimum absolute atomic E-state index is 0.319. The molecule has 20 heavy (non-hydrogen) atoms. The standard InChI is InChI=1S/C16H28N4/c1-19(11-13-5-3-2-4-6-13)15(9-17)16-10-18-12-20(16)14-7-8-14/h10,12-15H,2-9,11,17H2,1H3. The van der Waals surface area contributed by atoms with Gasteiger partial charge in [-0.25, -0.2) is 4.98 Å². The summed E-state index contributed by atoms with van der Waals surface area (Å²) in [5, 5.41) is 0. The van der Waals surface area contributed by atoms with E-state index in [9.17, 15) is 0 Å². The van der Waals surface area contributed by atoms with E-state index in [4.69, 9.17) is 5.73 Å². The lowest BCUT2D eigenvalue weighted by molar-refractivity contribution is 0.180. The van der Waals surface area contributed by atoms with E-state index in [1.165, 1.54) is 57.2 Å². The van der Waals surface area contributed by atoms with Gasteiger partial charge in [-0.2, -0.15) is 0 Å². The molecule has 3 rings (SSSR count). The number of likely N-dealkylation sites (N-methyl/N-ethyl adjacent to an activating group) is 1. The van der Waals surface area contributed by atoms with Crippen LogP contribution in [-0.2, 0) is 0 Å². The molecule has 1 aromatic heterocycles. The van der Waals surface area contributed by atoms with Gasteiger partial charge in [0.25, 0.3) is 0 Å². The second kappa shape index (κ2) is 6.27. The Hall–Kier alpha value is -0.870. The van der Waals surface area contributed by atoms with Crippen LogP contribution >= 0.6 is 0 Å². The first-order valence-corrected chi connectivity index (χ1v) is 8.21. The molecule has 4 heteroatoms. The largest absolute Gasteiger partial charge is 0.330 e. The van der Waals surface area contributed by atoms with Gasteiger partial charge in [-0.05, 0) is 38.6 Å². The fourth-order valence-corrected chi connectivity index (χ4v) is 3.66. The number of aromatic nitrogens is 2. The lowest BCUT2D eigenvalue weighted by atomic mass is 9.88. The third kappa shape index (κ3) is 3.07. The maximum atomic E-state index is 6.08. The molecule has 0 saturated heterocycles. The molecule has 0 radical (unpaired) electrons. The molecule has 2 fully saturated rings. The second-order valence-corrected chi connectivity index (χ2v) is 6.65. The summed E-state index contributed by atoms with van der Waals surface area (Å²) in [6.07, 6.45) is 13.6. The predicted octanol–water partition coefficient (Wildman–Crippen LogP) is 2.73. The van der Waals surface area contributed by atoms with Crippen LogP contribution in [-0.4, -0.2) is 34.6 Å². The van der Waals surface area contributed by atoms with Crippen molar-refractivity contribution in [3.8, 4) is 0 Å². The Labute approximate surface area is 122 Å². The molecule has 0 spiro atoms. The van der Waals surface area contributed by atoms with Crippen molar-refractivity contribution in [1.29, 1.82) is 0 Å². The molecule has 0 amide bonds. The number of nitrogens with two attached hydrogens (primary N) is 1. The van der Waals surface area contributed by atoms with Crippen molar-refractivity contribution in [3.05, 3.63) is 18.2 Å². The Morgan fingerprint density at radius 2 is 2.05 bits per heavy atom. The SMILES string of the molecule is CN(CC1CCCCC1)C(CN)c1cncn1C1CC1. The summed E-state index contributed by atoms with van der Waals surface area (Å²) >= 11 is 0. The van der Waals surface area contributed by atoms with E-state index in [1.807, 2.05) is 12.5 Å². The number of imidazole rings is 1. The minimum Gasteiger partial charge on any atom is -0.330 e. The normalized spacial score (nSPS) is 22.4. The van der Waals surface area contributed by atoms with E-state index in [0.717, 1.165) is 5.92 Å². The van der Waals surface area contributed by atoms with E-state index < -0.39 is 0 Å². The van der Waals surface area contributed by atoms with Crippen molar-refractivity contribution in [3.63, 3.8) is 0 Å². The average Bonchev–Trinajstić information content (AvgIpc) is 3.20. The minimum atomic E-state index is 0.319. The molecular formula is C16H28N4. The summed E-state index contributed by atoms with van der Waals surface area (Å²) in [5.74, 6) is 0.861. The van der Waals surface area contributed by atoms with Crippen LogP contribution in [0.15, 0.2) is 12.5 Å². The van der Waals surface area contributed by atoms with E-state index in [0.29, 0.717) is 18.6 Å². The highest BCUT2D eigenvalue weighted by Crippen LogP contribution is 2.37. The van der Waals surface area contributed by atoms with Crippen molar-refractivity contribution >= 4 is 0 Å². The first-order chi connectivity index (χ1) is 9.79. The van der Waals surface area contributed by atoms with E-state index in [2.05, 4.69) is 21.5 Å². The highest BCUT2D eigenvalue weighted by Gasteiger charge is 2.29. The van der Waals surface area contributed by atoms with Crippen LogP contribution in [0, 0.1) is 5.92 Å². The number of nitrogens with zero attached hydrogens (tertiary/aromatic N) is 3. The Morgan fingerprint density at radius 3 is 2.70 bits per heavy atom. The van der Waals surface area contributed by atoms with Gasteiger partial charge >= 0.3 is 0 Å². The van der Waals surface area contributed by atoms with Crippen molar-refractivity contribution in [2.45, 2.75) is 57.0 Å². The predicted molar refractivity (Wildman–Crippen MR) is 81.5 cm³/mol. The fraction of sp³-hybridized carbons (Fsp3) is 0.812. The summed E-state index contributed by atoms with van der Waals surface area (Å²) in [6.45, 7) is 1.86. The smallest absolute Gasteiger partial charge is 0.0951 e. The number of hydrogen-bond donors (Lipinski definition) is 1. The molecular weight excluding hydrogens is 248 g/mol. The molecule has 1 aromatic rings. The molecule has 112 valence electrons. The molecule has 4 nitrogen and oxygen atoms in total. The van der Waals surface area contributed by atoms with E-state index >= 15 is 0 Å². The molecule has 2 saturated carbocycles. The molecule has 0 aliphatic heterocycles. The van der Waals surface area contributed by atoms with Gasteiger partial charge in [0, 0.05) is 25.3 Å². The summed E-state index contributed by atoms with van der Waals surface area (Å²) in [5.41, 5.74) is 7.39. The quantitative estimate of drug-likeness (QED) is 0.869. The summed E-state index contributed by atoms with van der Waals surface area (Å²) < 4.78 is 2.36.